The zero-order valence-electron chi connectivity index (χ0n) is 6.73. The molecule has 3 atom stereocenters. The standard InChI is InChI=1S/C7H11NO4/c1-11-7(10)2-5(4-9)12-6(7)3-8/h5-6,9-10H,2,4H2,1H3. The van der Waals surface area contributed by atoms with Crippen LogP contribution in [0.15, 0.2) is 0 Å². The lowest BCUT2D eigenvalue weighted by Crippen LogP contribution is -2.39. The van der Waals surface area contributed by atoms with Crippen molar-refractivity contribution in [3.8, 4) is 6.07 Å². The molecule has 5 heteroatoms. The zero-order chi connectivity index (χ0) is 9.19. The van der Waals surface area contributed by atoms with Gasteiger partial charge in [0.05, 0.1) is 12.7 Å². The molecule has 0 saturated carbocycles. The third-order valence-corrected chi connectivity index (χ3v) is 1.93. The maximum atomic E-state index is 9.58. The Hall–Kier alpha value is -0.670. The number of ether oxygens (including phenoxy) is 2. The van der Waals surface area contributed by atoms with Gasteiger partial charge in [0.15, 0.2) is 6.10 Å². The van der Waals surface area contributed by atoms with Crippen molar-refractivity contribution in [1.82, 2.24) is 0 Å². The van der Waals surface area contributed by atoms with Crippen LogP contribution >= 0.6 is 0 Å². The predicted molar refractivity (Wildman–Crippen MR) is 37.9 cm³/mol. The van der Waals surface area contributed by atoms with Crippen molar-refractivity contribution in [2.24, 2.45) is 0 Å². The van der Waals surface area contributed by atoms with E-state index in [0.29, 0.717) is 0 Å². The molecule has 68 valence electrons. The van der Waals surface area contributed by atoms with Crippen molar-refractivity contribution in [3.05, 3.63) is 0 Å². The van der Waals surface area contributed by atoms with Crippen molar-refractivity contribution < 1.29 is 19.7 Å². The maximum absolute atomic E-state index is 9.58. The highest BCUT2D eigenvalue weighted by molar-refractivity contribution is 5.01. The topological polar surface area (TPSA) is 82.7 Å². The molecular weight excluding hydrogens is 162 g/mol. The second-order valence-electron chi connectivity index (χ2n) is 2.70. The van der Waals surface area contributed by atoms with E-state index in [1.807, 2.05) is 0 Å². The van der Waals surface area contributed by atoms with Crippen LogP contribution in [0.2, 0.25) is 0 Å². The highest BCUT2D eigenvalue weighted by Crippen LogP contribution is 2.30. The van der Waals surface area contributed by atoms with E-state index in [0.717, 1.165) is 0 Å². The summed E-state index contributed by atoms with van der Waals surface area (Å²) in [6.07, 6.45) is -1.41. The van der Waals surface area contributed by atoms with Gasteiger partial charge in [-0.25, -0.2) is 0 Å². The second kappa shape index (κ2) is 3.37. The van der Waals surface area contributed by atoms with Gasteiger partial charge >= 0.3 is 0 Å². The van der Waals surface area contributed by atoms with Gasteiger partial charge in [-0.2, -0.15) is 5.26 Å². The first-order valence-electron chi connectivity index (χ1n) is 3.59. The van der Waals surface area contributed by atoms with E-state index in [1.54, 1.807) is 6.07 Å². The molecule has 0 radical (unpaired) electrons. The van der Waals surface area contributed by atoms with E-state index >= 15 is 0 Å². The SMILES string of the molecule is COC1(O)CC(CO)OC1C#N. The molecule has 0 aromatic rings. The molecule has 0 aromatic carbocycles. The molecule has 1 saturated heterocycles. The van der Waals surface area contributed by atoms with Crippen molar-refractivity contribution in [2.45, 2.75) is 24.4 Å². The number of aliphatic hydroxyl groups excluding tert-OH is 1. The molecule has 0 aromatic heterocycles. The Bertz CT molecular complexity index is 202. The number of rotatable bonds is 2. The van der Waals surface area contributed by atoms with Gasteiger partial charge in [-0.15, -0.1) is 0 Å². The summed E-state index contributed by atoms with van der Waals surface area (Å²) in [5.41, 5.74) is 0. The highest BCUT2D eigenvalue weighted by Gasteiger charge is 2.48. The van der Waals surface area contributed by atoms with Crippen LogP contribution in [0.25, 0.3) is 0 Å². The Balaban J connectivity index is 2.70. The van der Waals surface area contributed by atoms with E-state index < -0.39 is 18.0 Å². The monoisotopic (exact) mass is 173 g/mol. The van der Waals surface area contributed by atoms with Crippen LogP contribution in [-0.2, 0) is 9.47 Å². The number of nitrogens with zero attached hydrogens (tertiary/aromatic N) is 1. The Morgan fingerprint density at radius 3 is 2.83 bits per heavy atom. The summed E-state index contributed by atoms with van der Waals surface area (Å²) in [6, 6.07) is 1.76. The zero-order valence-corrected chi connectivity index (χ0v) is 6.73. The van der Waals surface area contributed by atoms with Gasteiger partial charge < -0.3 is 19.7 Å². The van der Waals surface area contributed by atoms with E-state index in [1.165, 1.54) is 7.11 Å². The Morgan fingerprint density at radius 1 is 1.83 bits per heavy atom. The summed E-state index contributed by atoms with van der Waals surface area (Å²) in [5.74, 6) is -1.57. The molecule has 0 aliphatic carbocycles. The van der Waals surface area contributed by atoms with Crippen LogP contribution in [0.4, 0.5) is 0 Å². The van der Waals surface area contributed by atoms with Crippen LogP contribution in [0.5, 0.6) is 0 Å². The number of methoxy groups -OCH3 is 1. The van der Waals surface area contributed by atoms with Crippen molar-refractivity contribution in [3.63, 3.8) is 0 Å². The number of hydrogen-bond acceptors (Lipinski definition) is 5. The van der Waals surface area contributed by atoms with Crippen LogP contribution in [-0.4, -0.2) is 41.9 Å². The largest absolute Gasteiger partial charge is 0.394 e. The summed E-state index contributed by atoms with van der Waals surface area (Å²) in [5, 5.41) is 26.8. The molecule has 0 bridgehead atoms. The van der Waals surface area contributed by atoms with Gasteiger partial charge in [-0.05, 0) is 0 Å². The van der Waals surface area contributed by atoms with Gasteiger partial charge in [0.25, 0.3) is 0 Å². The van der Waals surface area contributed by atoms with Crippen molar-refractivity contribution >= 4 is 0 Å². The Morgan fingerprint density at radius 2 is 2.50 bits per heavy atom. The Kier molecular flexibility index (Phi) is 2.65. The van der Waals surface area contributed by atoms with Gasteiger partial charge in [-0.3, -0.25) is 0 Å². The quantitative estimate of drug-likeness (QED) is 0.523. The summed E-state index contributed by atoms with van der Waals surface area (Å²) in [7, 11) is 1.30. The third-order valence-electron chi connectivity index (χ3n) is 1.93. The van der Waals surface area contributed by atoms with E-state index in [4.69, 9.17) is 19.8 Å². The predicted octanol–water partition coefficient (Wildman–Crippen LogP) is -1.01. The minimum atomic E-state index is -1.57. The number of hydrogen-bond donors (Lipinski definition) is 2. The maximum Gasteiger partial charge on any atom is 0.208 e. The Labute approximate surface area is 70.1 Å². The first kappa shape index (κ1) is 9.42. The first-order chi connectivity index (χ1) is 5.66. The molecule has 2 N–H and O–H groups in total. The minimum absolute atomic E-state index is 0.123. The molecule has 5 nitrogen and oxygen atoms in total. The summed E-state index contributed by atoms with van der Waals surface area (Å²) < 4.78 is 9.71. The van der Waals surface area contributed by atoms with Gasteiger partial charge in [0, 0.05) is 13.5 Å². The molecule has 0 amide bonds. The highest BCUT2D eigenvalue weighted by atomic mass is 16.7. The van der Waals surface area contributed by atoms with Gasteiger partial charge in [0.2, 0.25) is 5.79 Å². The summed E-state index contributed by atoms with van der Waals surface area (Å²) in [4.78, 5) is 0. The van der Waals surface area contributed by atoms with Gasteiger partial charge in [0.1, 0.15) is 6.07 Å². The van der Waals surface area contributed by atoms with Crippen LogP contribution in [0.1, 0.15) is 6.42 Å². The van der Waals surface area contributed by atoms with Crippen molar-refractivity contribution in [1.29, 1.82) is 5.26 Å². The van der Waals surface area contributed by atoms with Crippen LogP contribution in [0.3, 0.4) is 0 Å². The fraction of sp³-hybridized carbons (Fsp3) is 0.857. The molecule has 1 heterocycles. The molecule has 12 heavy (non-hydrogen) atoms. The molecule has 3 unspecified atom stereocenters. The first-order valence-corrected chi connectivity index (χ1v) is 3.59. The number of aliphatic hydroxyl groups is 2. The lowest BCUT2D eigenvalue weighted by molar-refractivity contribution is -0.199. The molecule has 1 rings (SSSR count). The lowest BCUT2D eigenvalue weighted by atomic mass is 10.1. The van der Waals surface area contributed by atoms with Crippen LogP contribution in [0, 0.1) is 11.3 Å². The normalized spacial score (nSPS) is 41.2. The lowest BCUT2D eigenvalue weighted by Gasteiger charge is -2.21. The van der Waals surface area contributed by atoms with Gasteiger partial charge in [-0.1, -0.05) is 0 Å². The molecule has 1 aliphatic rings. The molecule has 1 fully saturated rings. The summed E-state index contributed by atoms with van der Waals surface area (Å²) >= 11 is 0. The smallest absolute Gasteiger partial charge is 0.208 e. The molecule has 0 spiro atoms. The third kappa shape index (κ3) is 1.42. The van der Waals surface area contributed by atoms with E-state index in [2.05, 4.69) is 0 Å². The fourth-order valence-electron chi connectivity index (χ4n) is 1.21. The van der Waals surface area contributed by atoms with Crippen LogP contribution < -0.4 is 0 Å². The average molecular weight is 173 g/mol. The second-order valence-corrected chi connectivity index (χ2v) is 2.70. The summed E-state index contributed by atoms with van der Waals surface area (Å²) in [6.45, 7) is -0.218. The number of nitriles is 1. The van der Waals surface area contributed by atoms with E-state index in [9.17, 15) is 5.11 Å². The van der Waals surface area contributed by atoms with Crippen molar-refractivity contribution in [2.75, 3.05) is 13.7 Å². The molecule has 1 aliphatic heterocycles. The average Bonchev–Trinajstić information content (AvgIpc) is 2.43. The minimum Gasteiger partial charge on any atom is -0.394 e. The van der Waals surface area contributed by atoms with E-state index in [-0.39, 0.29) is 13.0 Å². The fourth-order valence-corrected chi connectivity index (χ4v) is 1.21. The molecular formula is C7H11NO4.